The summed E-state index contributed by atoms with van der Waals surface area (Å²) in [5.74, 6) is -0.336. The summed E-state index contributed by atoms with van der Waals surface area (Å²) in [6.45, 7) is 3.43. The van der Waals surface area contributed by atoms with Gasteiger partial charge in [-0.15, -0.1) is 0 Å². The number of benzene rings is 1. The number of carbonyl (C=O) groups excluding carboxylic acids is 4. The third kappa shape index (κ3) is 3.84. The van der Waals surface area contributed by atoms with E-state index in [0.717, 1.165) is 22.4 Å². The van der Waals surface area contributed by atoms with Gasteiger partial charge in [-0.3, -0.25) is 9.59 Å². The van der Waals surface area contributed by atoms with Crippen molar-refractivity contribution in [3.63, 3.8) is 0 Å². The van der Waals surface area contributed by atoms with E-state index in [4.69, 9.17) is 4.74 Å². The van der Waals surface area contributed by atoms with Crippen molar-refractivity contribution in [1.29, 1.82) is 0 Å². The molecule has 36 heavy (non-hydrogen) atoms. The Morgan fingerprint density at radius 1 is 1.19 bits per heavy atom. The molecule has 11 heteroatoms. The van der Waals surface area contributed by atoms with Gasteiger partial charge in [0.15, 0.2) is 5.82 Å². The minimum absolute atomic E-state index is 0.0754. The fourth-order valence-corrected chi connectivity index (χ4v) is 5.37. The molecule has 1 aromatic heterocycles. The molecule has 3 heterocycles. The van der Waals surface area contributed by atoms with Gasteiger partial charge in [0.05, 0.1) is 6.04 Å². The normalized spacial score (nSPS) is 24.8. The van der Waals surface area contributed by atoms with E-state index >= 15 is 0 Å². The van der Waals surface area contributed by atoms with Gasteiger partial charge in [0, 0.05) is 43.2 Å². The topological polar surface area (TPSA) is 134 Å². The zero-order valence-corrected chi connectivity index (χ0v) is 20.4. The summed E-state index contributed by atoms with van der Waals surface area (Å²) in [4.78, 5) is 62.8. The molecule has 2 saturated heterocycles. The highest BCUT2D eigenvalue weighted by atomic mass is 16.6. The Kier molecular flexibility index (Phi) is 5.85. The van der Waals surface area contributed by atoms with Crippen molar-refractivity contribution in [3.05, 3.63) is 53.1 Å². The standard InChI is InChI=1S/C25H28N6O5/c1-14-11-27-21(28-12-14)19-7-4-15(2)31(19)20(32)13-30-22(33)25(36-24(30)35)9-8-16-10-17(5-6-18(16)25)29-23(34)26-3/h5-6,10-12,15,19H,4,7-9,13H2,1-3H3,(H2,26,29,34). The highest BCUT2D eigenvalue weighted by Gasteiger charge is 2.58. The molecule has 11 nitrogen and oxygen atoms in total. The van der Waals surface area contributed by atoms with Crippen LogP contribution < -0.4 is 10.6 Å². The minimum Gasteiger partial charge on any atom is -0.427 e. The Hall–Kier alpha value is -4.02. The monoisotopic (exact) mass is 492 g/mol. The average Bonchev–Trinajstić information content (AvgIpc) is 3.49. The first-order valence-electron chi connectivity index (χ1n) is 12.0. The van der Waals surface area contributed by atoms with Gasteiger partial charge in [-0.2, -0.15) is 0 Å². The van der Waals surface area contributed by atoms with Gasteiger partial charge in [-0.1, -0.05) is 6.07 Å². The third-order valence-electron chi connectivity index (χ3n) is 7.19. The van der Waals surface area contributed by atoms with Crippen LogP contribution in [0.1, 0.15) is 54.7 Å². The predicted octanol–water partition coefficient (Wildman–Crippen LogP) is 2.41. The molecular weight excluding hydrogens is 464 g/mol. The molecule has 1 aliphatic carbocycles. The maximum absolute atomic E-state index is 13.5. The maximum Gasteiger partial charge on any atom is 0.418 e. The maximum atomic E-state index is 13.5. The molecule has 3 aliphatic rings. The number of rotatable bonds is 4. The Labute approximate surface area is 208 Å². The summed E-state index contributed by atoms with van der Waals surface area (Å²) < 4.78 is 5.66. The summed E-state index contributed by atoms with van der Waals surface area (Å²) >= 11 is 0. The van der Waals surface area contributed by atoms with Crippen LogP contribution >= 0.6 is 0 Å². The van der Waals surface area contributed by atoms with Gasteiger partial charge >= 0.3 is 12.1 Å². The number of hydrogen-bond acceptors (Lipinski definition) is 7. The zero-order chi connectivity index (χ0) is 25.6. The molecule has 0 radical (unpaired) electrons. The van der Waals surface area contributed by atoms with Crippen LogP contribution in [0, 0.1) is 6.92 Å². The molecule has 188 valence electrons. The molecule has 2 N–H and O–H groups in total. The Bertz CT molecular complexity index is 1250. The number of amides is 5. The van der Waals surface area contributed by atoms with E-state index in [1.807, 2.05) is 13.8 Å². The van der Waals surface area contributed by atoms with Crippen LogP contribution in [0.4, 0.5) is 15.3 Å². The van der Waals surface area contributed by atoms with E-state index < -0.39 is 24.1 Å². The molecule has 1 aromatic carbocycles. The van der Waals surface area contributed by atoms with E-state index in [2.05, 4.69) is 20.6 Å². The Morgan fingerprint density at radius 2 is 1.94 bits per heavy atom. The van der Waals surface area contributed by atoms with E-state index in [0.29, 0.717) is 29.9 Å². The fourth-order valence-electron chi connectivity index (χ4n) is 5.37. The third-order valence-corrected chi connectivity index (χ3v) is 7.19. The van der Waals surface area contributed by atoms with E-state index in [1.165, 1.54) is 7.05 Å². The van der Waals surface area contributed by atoms with Gasteiger partial charge in [-0.25, -0.2) is 24.5 Å². The summed E-state index contributed by atoms with van der Waals surface area (Å²) in [6.07, 6.45) is 4.85. The quantitative estimate of drug-likeness (QED) is 0.669. The number of hydrogen-bond donors (Lipinski definition) is 2. The lowest BCUT2D eigenvalue weighted by molar-refractivity contribution is -0.143. The van der Waals surface area contributed by atoms with Crippen molar-refractivity contribution in [1.82, 2.24) is 25.1 Å². The van der Waals surface area contributed by atoms with Gasteiger partial charge in [-0.05, 0) is 56.4 Å². The number of anilines is 1. The second-order valence-electron chi connectivity index (χ2n) is 9.52. The molecule has 0 saturated carbocycles. The number of ether oxygens (including phenoxy) is 1. The number of aryl methyl sites for hydroxylation is 2. The number of urea groups is 1. The van der Waals surface area contributed by atoms with E-state index in [-0.39, 0.29) is 30.4 Å². The van der Waals surface area contributed by atoms with Gasteiger partial charge in [0.25, 0.3) is 5.91 Å². The number of likely N-dealkylation sites (tertiary alicyclic amines) is 1. The highest BCUT2D eigenvalue weighted by Crippen LogP contribution is 2.46. The molecule has 1 spiro atoms. The number of aromatic nitrogens is 2. The van der Waals surface area contributed by atoms with Gasteiger partial charge in [0.2, 0.25) is 11.5 Å². The lowest BCUT2D eigenvalue weighted by atomic mass is 9.94. The average molecular weight is 493 g/mol. The molecule has 2 aromatic rings. The van der Waals surface area contributed by atoms with Crippen molar-refractivity contribution in [2.24, 2.45) is 0 Å². The first-order chi connectivity index (χ1) is 17.2. The van der Waals surface area contributed by atoms with Crippen LogP contribution in [0.3, 0.4) is 0 Å². The smallest absolute Gasteiger partial charge is 0.418 e. The number of imide groups is 1. The van der Waals surface area contributed by atoms with Crippen molar-refractivity contribution in [2.45, 2.75) is 57.2 Å². The zero-order valence-electron chi connectivity index (χ0n) is 20.4. The van der Waals surface area contributed by atoms with Crippen LogP contribution in [-0.4, -0.2) is 63.3 Å². The highest BCUT2D eigenvalue weighted by molar-refractivity contribution is 6.06. The van der Waals surface area contributed by atoms with Crippen LogP contribution in [0.25, 0.3) is 0 Å². The Balaban J connectivity index is 1.35. The van der Waals surface area contributed by atoms with E-state index in [1.54, 1.807) is 35.5 Å². The Morgan fingerprint density at radius 3 is 2.67 bits per heavy atom. The molecule has 2 fully saturated rings. The SMILES string of the molecule is CNC(=O)Nc1ccc2c(c1)CCC21OC(=O)N(CC(=O)N2C(C)CCC2c2ncc(C)cn2)C1=O. The number of nitrogens with one attached hydrogen (secondary N) is 2. The number of fused-ring (bicyclic) bond motifs is 2. The minimum atomic E-state index is -1.45. The van der Waals surface area contributed by atoms with Crippen LogP contribution in [0.15, 0.2) is 30.6 Å². The van der Waals surface area contributed by atoms with Crippen molar-refractivity contribution in [3.8, 4) is 0 Å². The molecule has 3 atom stereocenters. The molecule has 3 unspecified atom stereocenters. The summed E-state index contributed by atoms with van der Waals surface area (Å²) in [7, 11) is 1.52. The van der Waals surface area contributed by atoms with Crippen LogP contribution in [-0.2, 0) is 26.3 Å². The largest absolute Gasteiger partial charge is 0.427 e. The van der Waals surface area contributed by atoms with E-state index in [9.17, 15) is 19.2 Å². The first-order valence-corrected chi connectivity index (χ1v) is 12.0. The fraction of sp³-hybridized carbons (Fsp3) is 0.440. The van der Waals surface area contributed by atoms with Crippen molar-refractivity contribution in [2.75, 3.05) is 18.9 Å². The molecular formula is C25H28N6O5. The predicted molar refractivity (Wildman–Crippen MR) is 128 cm³/mol. The lowest BCUT2D eigenvalue weighted by Crippen LogP contribution is -2.46. The van der Waals surface area contributed by atoms with Crippen molar-refractivity contribution < 1.29 is 23.9 Å². The van der Waals surface area contributed by atoms with Crippen LogP contribution in [0.5, 0.6) is 0 Å². The summed E-state index contributed by atoms with van der Waals surface area (Å²) in [5.41, 5.74) is 1.43. The van der Waals surface area contributed by atoms with Crippen molar-refractivity contribution >= 4 is 29.6 Å². The second kappa shape index (κ2) is 8.89. The van der Waals surface area contributed by atoms with Crippen LogP contribution in [0.2, 0.25) is 0 Å². The molecule has 0 bridgehead atoms. The number of carbonyl (C=O) groups is 4. The van der Waals surface area contributed by atoms with Gasteiger partial charge < -0.3 is 20.3 Å². The van der Waals surface area contributed by atoms with Gasteiger partial charge in [0.1, 0.15) is 6.54 Å². The molecule has 2 aliphatic heterocycles. The lowest BCUT2D eigenvalue weighted by Gasteiger charge is -2.29. The number of nitrogens with zero attached hydrogens (tertiary/aromatic N) is 4. The summed E-state index contributed by atoms with van der Waals surface area (Å²) in [6, 6.07) is 4.38. The first kappa shape index (κ1) is 23.7. The molecule has 5 amide bonds. The summed E-state index contributed by atoms with van der Waals surface area (Å²) in [5, 5.41) is 5.18. The second-order valence-corrected chi connectivity index (χ2v) is 9.52. The molecule has 5 rings (SSSR count).